The highest BCUT2D eigenvalue weighted by Gasteiger charge is 2.45. The Bertz CT molecular complexity index is 646. The fourth-order valence-corrected chi connectivity index (χ4v) is 3.62. The van der Waals surface area contributed by atoms with Gasteiger partial charge in [-0.25, -0.2) is 9.78 Å². The number of cyclic esters (lactones) is 1. The van der Waals surface area contributed by atoms with Gasteiger partial charge in [0, 0.05) is 18.5 Å². The predicted molar refractivity (Wildman–Crippen MR) is 105 cm³/mol. The van der Waals surface area contributed by atoms with Crippen LogP contribution >= 0.6 is 12.2 Å². The molecule has 2 aliphatic rings. The second-order valence-corrected chi connectivity index (χ2v) is 7.61. The van der Waals surface area contributed by atoms with E-state index in [0.29, 0.717) is 5.17 Å². The van der Waals surface area contributed by atoms with Gasteiger partial charge in [0.1, 0.15) is 24.6 Å². The van der Waals surface area contributed by atoms with Gasteiger partial charge in [-0.15, -0.1) is 0 Å². The van der Waals surface area contributed by atoms with Crippen molar-refractivity contribution in [1.29, 1.82) is 0 Å². The summed E-state index contributed by atoms with van der Waals surface area (Å²) in [6, 6.07) is 0. The van der Waals surface area contributed by atoms with Gasteiger partial charge >= 0.3 is 5.97 Å². The zero-order valence-corrected chi connectivity index (χ0v) is 16.6. The highest BCUT2D eigenvalue weighted by molar-refractivity contribution is 7.80. The summed E-state index contributed by atoms with van der Waals surface area (Å²) in [5.74, 6) is -0.310. The molecule has 4 atom stereocenters. The van der Waals surface area contributed by atoms with Crippen LogP contribution in [0.25, 0.3) is 0 Å². The molecule has 0 unspecified atom stereocenters. The molecule has 27 heavy (non-hydrogen) atoms. The lowest BCUT2D eigenvalue weighted by Gasteiger charge is -2.18. The number of hydrogen-bond donors (Lipinski definition) is 0. The number of esters is 1. The second kappa shape index (κ2) is 9.99. The maximum Gasteiger partial charge on any atom is 0.330 e. The van der Waals surface area contributed by atoms with E-state index in [-0.39, 0.29) is 30.4 Å². The molecule has 0 spiro atoms. The first-order valence-corrected chi connectivity index (χ1v) is 10.3. The van der Waals surface area contributed by atoms with Gasteiger partial charge in [0.15, 0.2) is 0 Å². The zero-order chi connectivity index (χ0) is 19.1. The van der Waals surface area contributed by atoms with Gasteiger partial charge in [0.2, 0.25) is 0 Å². The van der Waals surface area contributed by atoms with Crippen LogP contribution in [0.3, 0.4) is 0 Å². The van der Waals surface area contributed by atoms with E-state index in [9.17, 15) is 4.79 Å². The number of nitrogens with zero attached hydrogens (tertiary/aromatic N) is 2. The van der Waals surface area contributed by atoms with Crippen molar-refractivity contribution in [1.82, 2.24) is 9.55 Å². The SMILES string of the molecule is C[C@@H]1CCCCCCCC[C@H](OC(=S)n2ccnc2)[C@H]2O[C@H]2/C=C/C(=O)O1. The van der Waals surface area contributed by atoms with Crippen molar-refractivity contribution in [2.45, 2.75) is 82.7 Å². The number of thiocarbonyl (C=S) groups is 1. The smallest absolute Gasteiger partial charge is 0.330 e. The molecule has 0 aromatic carbocycles. The van der Waals surface area contributed by atoms with Crippen LogP contribution in [0.4, 0.5) is 0 Å². The van der Waals surface area contributed by atoms with Gasteiger partial charge in [-0.1, -0.05) is 25.7 Å². The molecule has 3 rings (SSSR count). The summed E-state index contributed by atoms with van der Waals surface area (Å²) in [6.45, 7) is 1.95. The van der Waals surface area contributed by atoms with Gasteiger partial charge in [0.25, 0.3) is 5.17 Å². The molecule has 7 heteroatoms. The van der Waals surface area contributed by atoms with E-state index < -0.39 is 0 Å². The van der Waals surface area contributed by atoms with Crippen LogP contribution in [0.5, 0.6) is 0 Å². The lowest BCUT2D eigenvalue weighted by atomic mass is 10.0. The van der Waals surface area contributed by atoms with Crippen LogP contribution < -0.4 is 0 Å². The topological polar surface area (TPSA) is 65.9 Å². The Kier molecular flexibility index (Phi) is 7.41. The highest BCUT2D eigenvalue weighted by Crippen LogP contribution is 2.32. The fourth-order valence-electron chi connectivity index (χ4n) is 3.39. The van der Waals surface area contributed by atoms with Crippen molar-refractivity contribution in [2.24, 2.45) is 0 Å². The average Bonchev–Trinajstić information content (AvgIpc) is 3.19. The number of rotatable bonds is 1. The molecular formula is C20H28N2O4S. The molecule has 1 aromatic heterocycles. The number of fused-ring (bicyclic) bond motifs is 1. The van der Waals surface area contributed by atoms with Crippen LogP contribution in [-0.2, 0) is 19.0 Å². The number of hydrogen-bond acceptors (Lipinski definition) is 6. The molecule has 148 valence electrons. The van der Waals surface area contributed by atoms with Gasteiger partial charge < -0.3 is 14.2 Å². The van der Waals surface area contributed by atoms with Crippen molar-refractivity contribution in [3.8, 4) is 0 Å². The minimum absolute atomic E-state index is 0.0467. The molecule has 0 radical (unpaired) electrons. The number of carbonyl (C=O) groups excluding carboxylic acids is 1. The number of carbonyl (C=O) groups is 1. The third-order valence-corrected chi connectivity index (χ3v) is 5.29. The normalized spacial score (nSPS) is 31.4. The Labute approximate surface area is 165 Å². The van der Waals surface area contributed by atoms with Gasteiger partial charge in [-0.3, -0.25) is 4.57 Å². The van der Waals surface area contributed by atoms with Gasteiger partial charge in [-0.2, -0.15) is 0 Å². The average molecular weight is 393 g/mol. The Morgan fingerprint density at radius 1 is 1.22 bits per heavy atom. The molecule has 1 aromatic rings. The fraction of sp³-hybridized carbons (Fsp3) is 0.650. The van der Waals surface area contributed by atoms with E-state index >= 15 is 0 Å². The molecule has 1 fully saturated rings. The summed E-state index contributed by atoms with van der Waals surface area (Å²) in [6.07, 6.45) is 16.7. The van der Waals surface area contributed by atoms with Crippen LogP contribution in [0.15, 0.2) is 30.9 Å². The molecule has 0 aliphatic carbocycles. The predicted octanol–water partition coefficient (Wildman–Crippen LogP) is 3.79. The molecule has 6 nitrogen and oxygen atoms in total. The largest absolute Gasteiger partial charge is 0.464 e. The molecular weight excluding hydrogens is 364 g/mol. The maximum atomic E-state index is 11.9. The number of ether oxygens (including phenoxy) is 3. The third kappa shape index (κ3) is 6.43. The van der Waals surface area contributed by atoms with Crippen molar-refractivity contribution in [3.63, 3.8) is 0 Å². The summed E-state index contributed by atoms with van der Waals surface area (Å²) in [4.78, 5) is 15.9. The van der Waals surface area contributed by atoms with E-state index in [4.69, 9.17) is 26.4 Å². The molecule has 3 heterocycles. The molecule has 0 amide bonds. The minimum Gasteiger partial charge on any atom is -0.464 e. The first-order chi connectivity index (χ1) is 13.1. The highest BCUT2D eigenvalue weighted by atomic mass is 32.1. The quantitative estimate of drug-likeness (QED) is 0.412. The van der Waals surface area contributed by atoms with Crippen LogP contribution in [0.1, 0.15) is 58.3 Å². The van der Waals surface area contributed by atoms with E-state index in [2.05, 4.69) is 4.98 Å². The van der Waals surface area contributed by atoms with Crippen molar-refractivity contribution in [2.75, 3.05) is 0 Å². The van der Waals surface area contributed by atoms with Gasteiger partial charge in [-0.05, 0) is 50.9 Å². The summed E-state index contributed by atoms with van der Waals surface area (Å²) in [5.41, 5.74) is 0. The van der Waals surface area contributed by atoms with Gasteiger partial charge in [0.05, 0.1) is 6.10 Å². The maximum absolute atomic E-state index is 11.9. The second-order valence-electron chi connectivity index (χ2n) is 7.26. The molecule has 0 bridgehead atoms. The Hall–Kier alpha value is -1.73. The lowest BCUT2D eigenvalue weighted by molar-refractivity contribution is -0.142. The molecule has 0 saturated carbocycles. The van der Waals surface area contributed by atoms with Crippen molar-refractivity contribution in [3.05, 3.63) is 30.9 Å². The minimum atomic E-state index is -0.310. The lowest BCUT2D eigenvalue weighted by Crippen LogP contribution is -2.27. The molecule has 0 N–H and O–H groups in total. The number of aromatic nitrogens is 2. The summed E-state index contributed by atoms with van der Waals surface area (Å²) in [5, 5.41) is 0.373. The van der Waals surface area contributed by atoms with Crippen LogP contribution in [-0.4, -0.2) is 45.1 Å². The van der Waals surface area contributed by atoms with Crippen molar-refractivity contribution < 1.29 is 19.0 Å². The van der Waals surface area contributed by atoms with E-state index in [1.54, 1.807) is 29.4 Å². The standard InChI is InChI=1S/C20H28N2O4S/c1-15-8-6-4-2-3-5-7-9-16(26-20(27)22-13-12-21-14-22)19-17(25-19)10-11-18(23)24-15/h10-17,19H,2-9H2,1H3/b11-10+/t15-,16+,17+,19-/m1/s1. The molecule has 2 aliphatic heterocycles. The summed E-state index contributed by atoms with van der Waals surface area (Å²) >= 11 is 5.37. The molecule has 1 saturated heterocycles. The summed E-state index contributed by atoms with van der Waals surface area (Å²) < 4.78 is 18.9. The first-order valence-electron chi connectivity index (χ1n) is 9.86. The van der Waals surface area contributed by atoms with Crippen molar-refractivity contribution >= 4 is 23.4 Å². The monoisotopic (exact) mass is 392 g/mol. The number of imidazole rings is 1. The number of epoxide rings is 1. The Morgan fingerprint density at radius 3 is 2.70 bits per heavy atom. The van der Waals surface area contributed by atoms with E-state index in [0.717, 1.165) is 25.7 Å². The third-order valence-electron chi connectivity index (χ3n) is 4.98. The van der Waals surface area contributed by atoms with E-state index in [1.165, 1.54) is 31.8 Å². The Balaban J connectivity index is 1.60. The Morgan fingerprint density at radius 2 is 1.96 bits per heavy atom. The first kappa shape index (κ1) is 20.0. The van der Waals surface area contributed by atoms with Crippen LogP contribution in [0.2, 0.25) is 0 Å². The van der Waals surface area contributed by atoms with Crippen LogP contribution in [0, 0.1) is 0 Å². The summed E-state index contributed by atoms with van der Waals surface area (Å²) in [7, 11) is 0. The van der Waals surface area contributed by atoms with E-state index in [1.807, 2.05) is 6.92 Å². The zero-order valence-electron chi connectivity index (χ0n) is 15.8.